The molecular formula is C66H82Br2Cl4F5N3O3Ti3. The van der Waals surface area contributed by atoms with E-state index in [2.05, 4.69) is 164 Å². The summed E-state index contributed by atoms with van der Waals surface area (Å²) in [6, 6.07) is 25.8. The fourth-order valence-corrected chi connectivity index (χ4v) is 8.25. The average molecular weight is 1510 g/mol. The summed E-state index contributed by atoms with van der Waals surface area (Å²) in [5.41, 5.74) is 10.4. The van der Waals surface area contributed by atoms with Crippen molar-refractivity contribution in [3.63, 3.8) is 0 Å². The van der Waals surface area contributed by atoms with Gasteiger partial charge < -0.3 is 15.3 Å². The molecule has 0 saturated carbocycles. The van der Waals surface area contributed by atoms with Crippen LogP contribution in [0.3, 0.4) is 0 Å². The number of aromatic hydroxyl groups is 3. The summed E-state index contributed by atoms with van der Waals surface area (Å²) in [5.74, 6) is -9.97. The Hall–Kier alpha value is -2.36. The minimum atomic E-state index is -2.24. The molecule has 0 fully saturated rings. The molecule has 6 rings (SSSR count). The van der Waals surface area contributed by atoms with Gasteiger partial charge in [-0.3, -0.25) is 15.0 Å². The second kappa shape index (κ2) is 35.5. The molecule has 20 heteroatoms. The number of phenols is 3. The Bertz CT molecular complexity index is 3240. The van der Waals surface area contributed by atoms with Gasteiger partial charge >= 0.3 is 113 Å². The van der Waals surface area contributed by atoms with Crippen LogP contribution in [0.5, 0.6) is 17.2 Å². The number of aliphatic imine (C=N–C) groups is 3. The second-order valence-electron chi connectivity index (χ2n) is 26.4. The summed E-state index contributed by atoms with van der Waals surface area (Å²) in [6.45, 7) is 43.5. The first-order chi connectivity index (χ1) is 39.3. The topological polar surface area (TPSA) is 97.8 Å². The second-order valence-corrected chi connectivity index (χ2v) is 39.4. The molecule has 0 saturated heterocycles. The van der Waals surface area contributed by atoms with Crippen molar-refractivity contribution in [1.29, 1.82) is 0 Å². The summed E-state index contributed by atoms with van der Waals surface area (Å²) in [5, 5.41) is 32.1. The van der Waals surface area contributed by atoms with Crippen LogP contribution >= 0.6 is 63.5 Å². The van der Waals surface area contributed by atoms with Crippen LogP contribution in [0.15, 0.2) is 93.8 Å². The SMILES string of the molecule is CC(C)(C)c1cc(N=Cc2c(F)c(F)c(F)c(F)c2F)c(O)c(C(C)(C)C)c1.CC(C)(C)c1cc(N=Cc2ccccc2)c(O)c(C(C)(C)C)c1.Cc1cc(C)c(C=Nc2cc(C(C)(C)C)cc(C(C)(C)C)c2O)c(C)c1.[Br][Ti][Br].[Cl][Ti][Cl].[Cl][Ti][Cl]. The molecule has 0 aromatic heterocycles. The summed E-state index contributed by atoms with van der Waals surface area (Å²) in [7, 11) is 19.6. The molecule has 0 unspecified atom stereocenters. The van der Waals surface area contributed by atoms with E-state index in [1.807, 2.05) is 96.3 Å². The Morgan fingerprint density at radius 2 is 0.651 bits per heavy atom. The van der Waals surface area contributed by atoms with Gasteiger partial charge in [0.2, 0.25) is 5.82 Å². The Balaban J connectivity index is 0.000000603. The molecule has 0 aliphatic rings. The van der Waals surface area contributed by atoms with Gasteiger partial charge in [-0.05, 0) is 110 Å². The summed E-state index contributed by atoms with van der Waals surface area (Å²) in [4.78, 5) is 13.1. The quantitative estimate of drug-likeness (QED) is 0.0509. The molecule has 468 valence electrons. The molecular weight excluding hydrogens is 1420 g/mol. The van der Waals surface area contributed by atoms with E-state index in [0.29, 0.717) is 23.2 Å². The van der Waals surface area contributed by atoms with Gasteiger partial charge in [-0.25, -0.2) is 22.0 Å². The van der Waals surface area contributed by atoms with Crippen LogP contribution in [-0.4, -0.2) is 34.0 Å². The van der Waals surface area contributed by atoms with Gasteiger partial charge in [0.1, 0.15) is 34.3 Å². The van der Waals surface area contributed by atoms with Crippen LogP contribution in [0, 0.1) is 49.9 Å². The first-order valence-corrected chi connectivity index (χ1v) is 43.4. The first-order valence-electron chi connectivity index (χ1n) is 27.1. The van der Waals surface area contributed by atoms with Crippen molar-refractivity contribution in [2.75, 3.05) is 0 Å². The third-order valence-corrected chi connectivity index (χ3v) is 13.1. The number of halogens is 11. The number of benzene rings is 6. The van der Waals surface area contributed by atoms with Crippen LogP contribution in [0.4, 0.5) is 39.0 Å². The Labute approximate surface area is 564 Å². The summed E-state index contributed by atoms with van der Waals surface area (Å²) in [6.07, 6.45) is 4.22. The third kappa shape index (κ3) is 25.4. The van der Waals surface area contributed by atoms with E-state index in [1.54, 1.807) is 6.21 Å². The van der Waals surface area contributed by atoms with E-state index in [1.165, 1.54) is 33.9 Å². The fraction of sp³-hybridized carbons (Fsp3) is 0.409. The number of nitrogens with zero attached hydrogens (tertiary/aromatic N) is 3. The predicted molar refractivity (Wildman–Crippen MR) is 353 cm³/mol. The van der Waals surface area contributed by atoms with Crippen LogP contribution in [0.25, 0.3) is 0 Å². The van der Waals surface area contributed by atoms with E-state index < -0.39 is 74.1 Å². The van der Waals surface area contributed by atoms with Crippen molar-refractivity contribution in [3.8, 4) is 17.2 Å². The fourth-order valence-electron chi connectivity index (χ4n) is 8.25. The third-order valence-electron chi connectivity index (χ3n) is 13.1. The molecule has 0 radical (unpaired) electrons. The molecule has 86 heavy (non-hydrogen) atoms. The van der Waals surface area contributed by atoms with E-state index in [-0.39, 0.29) is 65.0 Å². The van der Waals surface area contributed by atoms with Crippen molar-refractivity contribution in [2.24, 2.45) is 15.0 Å². The van der Waals surface area contributed by atoms with E-state index in [4.69, 9.17) is 42.2 Å². The molecule has 6 aromatic rings. The summed E-state index contributed by atoms with van der Waals surface area (Å²) >= 11 is 5.39. The summed E-state index contributed by atoms with van der Waals surface area (Å²) < 4.78 is 67.7. The Morgan fingerprint density at radius 1 is 0.395 bits per heavy atom. The van der Waals surface area contributed by atoms with Crippen molar-refractivity contribution in [3.05, 3.63) is 175 Å². The zero-order valence-corrected chi connectivity index (χ0v) is 64.0. The van der Waals surface area contributed by atoms with Gasteiger partial charge in [0.05, 0.1) is 5.56 Å². The number of phenolic OH excluding ortho intramolecular Hbond substituents is 3. The molecule has 0 bridgehead atoms. The number of aryl methyl sites for hydroxylation is 3. The van der Waals surface area contributed by atoms with Gasteiger partial charge in [-0.1, -0.05) is 191 Å². The monoisotopic (exact) mass is 1500 g/mol. The van der Waals surface area contributed by atoms with Crippen molar-refractivity contribution in [1.82, 2.24) is 0 Å². The minimum absolute atomic E-state index is 0.00468. The molecule has 0 amide bonds. The van der Waals surface area contributed by atoms with Crippen molar-refractivity contribution < 1.29 is 86.3 Å². The maximum atomic E-state index is 13.9. The molecule has 0 spiro atoms. The van der Waals surface area contributed by atoms with Crippen molar-refractivity contribution >= 4 is 99.2 Å². The number of rotatable bonds is 6. The number of hydrogen-bond donors (Lipinski definition) is 3. The van der Waals surface area contributed by atoms with Gasteiger partial charge in [0.15, 0.2) is 23.3 Å². The van der Waals surface area contributed by atoms with Crippen LogP contribution in [0.1, 0.15) is 191 Å². The average Bonchev–Trinajstić information content (AvgIpc) is 1.15. The van der Waals surface area contributed by atoms with E-state index in [0.717, 1.165) is 27.8 Å². The molecule has 0 heterocycles. The molecule has 6 aromatic carbocycles. The Kier molecular flexibility index (Phi) is 33.7. The van der Waals surface area contributed by atoms with Crippen LogP contribution < -0.4 is 0 Å². The predicted octanol–water partition coefficient (Wildman–Crippen LogP) is 23.3. The van der Waals surface area contributed by atoms with E-state index in [9.17, 15) is 37.3 Å². The van der Waals surface area contributed by atoms with E-state index >= 15 is 0 Å². The molecule has 0 atom stereocenters. The maximum absolute atomic E-state index is 13.9. The van der Waals surface area contributed by atoms with Gasteiger partial charge in [0.25, 0.3) is 0 Å². The van der Waals surface area contributed by atoms with Gasteiger partial charge in [-0.15, -0.1) is 0 Å². The molecule has 6 nitrogen and oxygen atoms in total. The molecule has 0 aliphatic carbocycles. The van der Waals surface area contributed by atoms with Gasteiger partial charge in [-0.2, -0.15) is 0 Å². The first kappa shape index (κ1) is 81.7. The van der Waals surface area contributed by atoms with Crippen LogP contribution in [0.2, 0.25) is 0 Å². The van der Waals surface area contributed by atoms with Crippen LogP contribution in [-0.2, 0) is 81.5 Å². The zero-order valence-electron chi connectivity index (χ0n) is 53.1. The van der Waals surface area contributed by atoms with Crippen molar-refractivity contribution in [2.45, 2.75) is 178 Å². The normalized spacial score (nSPS) is 12.0. The standard InChI is InChI=1S/C24H33NO.C21H22F5NO.C21H27NO.2BrH.4ClH.3Ti/c1-15-10-16(2)19(17(3)11-15)14-25-21-13-18(23(4,5)6)12-20(22(21)26)24(7,8)9;1-20(2,3)10-7-12(21(4,5)6)19(28)13(8-10)27-9-11-14(22)16(24)18(26)17(25)15(11)23;1-20(2,3)16-12-17(21(4,5)6)19(23)18(13-16)22-14-15-10-8-7-9-11-15;;;;;;;;;/h10-14,26H,1-9H3;7-9,28H,1-6H3;7-14,23H,1-6H3;6*1H;;;/q;;;;;;;;;3*+2/p-6. The molecule has 0 aliphatic heterocycles. The van der Waals surface area contributed by atoms with Gasteiger partial charge in [0, 0.05) is 35.3 Å². The molecule has 3 N–H and O–H groups in total. The number of hydrogen-bond acceptors (Lipinski definition) is 6. The zero-order chi connectivity index (χ0) is 66.8. The Morgan fingerprint density at radius 3 is 0.919 bits per heavy atom.